The fraction of sp³-hybridized carbons (Fsp3) is 0.444. The van der Waals surface area contributed by atoms with Crippen LogP contribution in [0.3, 0.4) is 0 Å². The first-order valence-electron chi connectivity index (χ1n) is 8.21. The quantitative estimate of drug-likeness (QED) is 0.843. The van der Waals surface area contributed by atoms with Gasteiger partial charge in [-0.25, -0.2) is 4.39 Å². The molecular formula is C18H22FN3O. The highest BCUT2D eigenvalue weighted by molar-refractivity contribution is 5.59. The zero-order valence-corrected chi connectivity index (χ0v) is 13.1. The Bertz CT molecular complexity index is 620. The number of hydrogen-bond acceptors (Lipinski definition) is 4. The average Bonchev–Trinajstić information content (AvgIpc) is 2.79. The van der Waals surface area contributed by atoms with E-state index < -0.39 is 5.60 Å². The van der Waals surface area contributed by atoms with E-state index in [9.17, 15) is 9.50 Å². The van der Waals surface area contributed by atoms with Crippen molar-refractivity contribution in [3.05, 3.63) is 42.2 Å². The Morgan fingerprint density at radius 2 is 1.65 bits per heavy atom. The number of anilines is 1. The molecule has 1 aromatic carbocycles. The van der Waals surface area contributed by atoms with Gasteiger partial charge in [0.2, 0.25) is 0 Å². The van der Waals surface area contributed by atoms with E-state index in [0.29, 0.717) is 18.1 Å². The molecule has 0 spiro atoms. The molecule has 1 saturated carbocycles. The van der Waals surface area contributed by atoms with Crippen molar-refractivity contribution in [3.63, 3.8) is 0 Å². The highest BCUT2D eigenvalue weighted by Crippen LogP contribution is 2.27. The zero-order valence-electron chi connectivity index (χ0n) is 13.1. The van der Waals surface area contributed by atoms with Crippen LogP contribution in [-0.4, -0.2) is 27.4 Å². The highest BCUT2D eigenvalue weighted by Gasteiger charge is 2.27. The minimum atomic E-state index is -0.645. The molecule has 4 nitrogen and oxygen atoms in total. The maximum atomic E-state index is 12.9. The van der Waals surface area contributed by atoms with Gasteiger partial charge in [0, 0.05) is 12.1 Å². The number of nitrogens with one attached hydrogen (secondary N) is 1. The Kier molecular flexibility index (Phi) is 4.86. The van der Waals surface area contributed by atoms with Crippen LogP contribution in [0.15, 0.2) is 36.4 Å². The molecule has 2 N–H and O–H groups in total. The molecule has 0 bridgehead atoms. The molecular weight excluding hydrogens is 293 g/mol. The molecule has 1 aromatic heterocycles. The molecule has 1 aliphatic carbocycles. The van der Waals surface area contributed by atoms with Gasteiger partial charge in [0.1, 0.15) is 11.6 Å². The predicted molar refractivity (Wildman–Crippen MR) is 88.6 cm³/mol. The van der Waals surface area contributed by atoms with Gasteiger partial charge in [0.25, 0.3) is 0 Å². The Hall–Kier alpha value is -2.01. The predicted octanol–water partition coefficient (Wildman–Crippen LogP) is 3.78. The second-order valence-electron chi connectivity index (χ2n) is 6.30. The Balaban J connectivity index is 1.62. The first-order valence-corrected chi connectivity index (χ1v) is 8.21. The van der Waals surface area contributed by atoms with Gasteiger partial charge in [-0.1, -0.05) is 25.7 Å². The van der Waals surface area contributed by atoms with E-state index in [1.807, 2.05) is 12.1 Å². The van der Waals surface area contributed by atoms with Gasteiger partial charge in [0.15, 0.2) is 0 Å². The van der Waals surface area contributed by atoms with Crippen LogP contribution in [0.1, 0.15) is 38.5 Å². The lowest BCUT2D eigenvalue weighted by atomic mass is 9.94. The molecule has 1 aliphatic rings. The molecule has 0 amide bonds. The SMILES string of the molecule is OC1(CNc2ccc(-c3ccc(F)cc3)nn2)CCCCCC1. The largest absolute Gasteiger partial charge is 0.388 e. The molecule has 0 unspecified atom stereocenters. The summed E-state index contributed by atoms with van der Waals surface area (Å²) in [5, 5.41) is 22.1. The van der Waals surface area contributed by atoms with Crippen LogP contribution in [-0.2, 0) is 0 Å². The van der Waals surface area contributed by atoms with Crippen molar-refractivity contribution in [3.8, 4) is 11.3 Å². The summed E-state index contributed by atoms with van der Waals surface area (Å²) in [4.78, 5) is 0. The van der Waals surface area contributed by atoms with E-state index in [0.717, 1.165) is 31.2 Å². The van der Waals surface area contributed by atoms with Gasteiger partial charge in [-0.2, -0.15) is 0 Å². The lowest BCUT2D eigenvalue weighted by Gasteiger charge is -2.26. The van der Waals surface area contributed by atoms with Gasteiger partial charge < -0.3 is 10.4 Å². The van der Waals surface area contributed by atoms with Crippen LogP contribution < -0.4 is 5.32 Å². The molecule has 122 valence electrons. The number of benzene rings is 1. The standard InChI is InChI=1S/C18H22FN3O/c19-15-7-5-14(6-8-15)16-9-10-17(22-21-16)20-13-18(23)11-3-1-2-4-12-18/h5-10,23H,1-4,11-13H2,(H,20,22). The number of halogens is 1. The summed E-state index contributed by atoms with van der Waals surface area (Å²) in [6, 6.07) is 9.86. The molecule has 3 rings (SSSR count). The van der Waals surface area contributed by atoms with Crippen LogP contribution in [0.25, 0.3) is 11.3 Å². The summed E-state index contributed by atoms with van der Waals surface area (Å²) in [5.74, 6) is 0.380. The lowest BCUT2D eigenvalue weighted by molar-refractivity contribution is 0.0380. The van der Waals surface area contributed by atoms with E-state index in [1.165, 1.54) is 25.0 Å². The second-order valence-corrected chi connectivity index (χ2v) is 6.30. The third-order valence-corrected chi connectivity index (χ3v) is 4.44. The van der Waals surface area contributed by atoms with E-state index in [1.54, 1.807) is 12.1 Å². The number of aliphatic hydroxyl groups is 1. The fourth-order valence-corrected chi connectivity index (χ4v) is 3.02. The Labute approximate surface area is 135 Å². The number of nitrogens with zero attached hydrogens (tertiary/aromatic N) is 2. The maximum absolute atomic E-state index is 12.9. The summed E-state index contributed by atoms with van der Waals surface area (Å²) in [6.07, 6.45) is 6.23. The molecule has 0 saturated heterocycles. The number of hydrogen-bond donors (Lipinski definition) is 2. The van der Waals surface area contributed by atoms with Crippen molar-refractivity contribution in [2.24, 2.45) is 0 Å². The smallest absolute Gasteiger partial charge is 0.148 e. The second kappa shape index (κ2) is 7.04. The van der Waals surface area contributed by atoms with Crippen molar-refractivity contribution in [1.29, 1.82) is 0 Å². The van der Waals surface area contributed by atoms with Crippen molar-refractivity contribution in [2.75, 3.05) is 11.9 Å². The first kappa shape index (κ1) is 15.9. The van der Waals surface area contributed by atoms with Crippen LogP contribution in [0.2, 0.25) is 0 Å². The van der Waals surface area contributed by atoms with E-state index >= 15 is 0 Å². The third kappa shape index (κ3) is 4.26. The molecule has 0 radical (unpaired) electrons. The van der Waals surface area contributed by atoms with E-state index in [2.05, 4.69) is 15.5 Å². The monoisotopic (exact) mass is 315 g/mol. The van der Waals surface area contributed by atoms with Gasteiger partial charge in [-0.05, 0) is 49.2 Å². The Morgan fingerprint density at radius 1 is 0.957 bits per heavy atom. The molecule has 1 heterocycles. The maximum Gasteiger partial charge on any atom is 0.148 e. The molecule has 0 aliphatic heterocycles. The fourth-order valence-electron chi connectivity index (χ4n) is 3.02. The van der Waals surface area contributed by atoms with Crippen LogP contribution in [0.4, 0.5) is 10.2 Å². The first-order chi connectivity index (χ1) is 11.1. The summed E-state index contributed by atoms with van der Waals surface area (Å²) < 4.78 is 12.9. The molecule has 2 aromatic rings. The highest BCUT2D eigenvalue weighted by atomic mass is 19.1. The van der Waals surface area contributed by atoms with Crippen molar-refractivity contribution in [1.82, 2.24) is 10.2 Å². The summed E-state index contributed by atoms with van der Waals surface area (Å²) >= 11 is 0. The molecule has 0 atom stereocenters. The summed E-state index contributed by atoms with van der Waals surface area (Å²) in [6.45, 7) is 0.498. The minimum absolute atomic E-state index is 0.267. The van der Waals surface area contributed by atoms with E-state index in [-0.39, 0.29) is 5.82 Å². The third-order valence-electron chi connectivity index (χ3n) is 4.44. The lowest BCUT2D eigenvalue weighted by Crippen LogP contribution is -2.36. The van der Waals surface area contributed by atoms with Gasteiger partial charge in [-0.15, -0.1) is 10.2 Å². The average molecular weight is 315 g/mol. The van der Waals surface area contributed by atoms with Gasteiger partial charge in [-0.3, -0.25) is 0 Å². The zero-order chi connectivity index (χ0) is 16.1. The summed E-state index contributed by atoms with van der Waals surface area (Å²) in [7, 11) is 0. The van der Waals surface area contributed by atoms with E-state index in [4.69, 9.17) is 0 Å². The molecule has 5 heteroatoms. The van der Waals surface area contributed by atoms with Crippen molar-refractivity contribution < 1.29 is 9.50 Å². The summed E-state index contributed by atoms with van der Waals surface area (Å²) in [5.41, 5.74) is 0.880. The van der Waals surface area contributed by atoms with Gasteiger partial charge in [0.05, 0.1) is 11.3 Å². The molecule has 1 fully saturated rings. The minimum Gasteiger partial charge on any atom is -0.388 e. The van der Waals surface area contributed by atoms with Crippen LogP contribution in [0.5, 0.6) is 0 Å². The number of rotatable bonds is 4. The van der Waals surface area contributed by atoms with Crippen molar-refractivity contribution >= 4 is 5.82 Å². The number of aromatic nitrogens is 2. The van der Waals surface area contributed by atoms with Crippen LogP contribution >= 0.6 is 0 Å². The van der Waals surface area contributed by atoms with Crippen molar-refractivity contribution in [2.45, 2.75) is 44.1 Å². The molecule has 23 heavy (non-hydrogen) atoms. The topological polar surface area (TPSA) is 58.0 Å². The normalized spacial score (nSPS) is 17.5. The Morgan fingerprint density at radius 3 is 2.26 bits per heavy atom. The van der Waals surface area contributed by atoms with Gasteiger partial charge >= 0.3 is 0 Å². The van der Waals surface area contributed by atoms with Crippen LogP contribution in [0, 0.1) is 5.82 Å².